The van der Waals surface area contributed by atoms with Crippen LogP contribution in [0.15, 0.2) is 24.3 Å². The third kappa shape index (κ3) is 4.53. The van der Waals surface area contributed by atoms with E-state index in [4.69, 9.17) is 28.4 Å². The molecule has 0 saturated carbocycles. The monoisotopic (exact) mass is 404 g/mol. The molecule has 0 saturated heterocycles. The number of esters is 2. The predicted octanol–water partition coefficient (Wildman–Crippen LogP) is 3.31. The van der Waals surface area contributed by atoms with Crippen LogP contribution in [-0.2, 0) is 16.1 Å². The molecule has 0 atom stereocenters. The first-order valence-corrected chi connectivity index (χ1v) is 8.69. The van der Waals surface area contributed by atoms with Crippen LogP contribution in [0.1, 0.15) is 28.4 Å². The maximum Gasteiger partial charge on any atom is 0.342 e. The van der Waals surface area contributed by atoms with E-state index in [-0.39, 0.29) is 17.9 Å². The molecule has 0 aliphatic rings. The number of hydrogen-bond acceptors (Lipinski definition) is 8. The number of ether oxygens (including phenoxy) is 6. The van der Waals surface area contributed by atoms with Crippen molar-refractivity contribution in [1.82, 2.24) is 0 Å². The van der Waals surface area contributed by atoms with Gasteiger partial charge in [-0.1, -0.05) is 12.1 Å². The van der Waals surface area contributed by atoms with Crippen LogP contribution in [0, 0.1) is 6.92 Å². The summed E-state index contributed by atoms with van der Waals surface area (Å²) < 4.78 is 32.3. The molecule has 156 valence electrons. The lowest BCUT2D eigenvalue weighted by Crippen LogP contribution is -2.12. The van der Waals surface area contributed by atoms with Gasteiger partial charge in [-0.3, -0.25) is 4.79 Å². The summed E-state index contributed by atoms with van der Waals surface area (Å²) >= 11 is 0. The molecule has 2 aromatic carbocycles. The van der Waals surface area contributed by atoms with Gasteiger partial charge in [0.15, 0.2) is 11.5 Å². The SMILES string of the molecule is COc1c(C)c(COC(=O)c2ccccc2OC(C)=O)c(OC)c(OC)c1OC. The van der Waals surface area contributed by atoms with Gasteiger partial charge in [-0.25, -0.2) is 4.79 Å². The maximum atomic E-state index is 12.6. The van der Waals surface area contributed by atoms with Crippen LogP contribution in [-0.4, -0.2) is 40.4 Å². The molecule has 0 heterocycles. The Kier molecular flexibility index (Phi) is 7.30. The molecular formula is C21H24O8. The molecule has 8 heteroatoms. The zero-order valence-corrected chi connectivity index (χ0v) is 17.3. The average Bonchev–Trinajstić information content (AvgIpc) is 2.71. The van der Waals surface area contributed by atoms with Gasteiger partial charge in [0.2, 0.25) is 11.5 Å². The van der Waals surface area contributed by atoms with Gasteiger partial charge in [-0.15, -0.1) is 0 Å². The number of benzene rings is 2. The summed E-state index contributed by atoms with van der Waals surface area (Å²) in [6.45, 7) is 2.92. The molecule has 0 radical (unpaired) electrons. The topological polar surface area (TPSA) is 89.5 Å². The molecule has 29 heavy (non-hydrogen) atoms. The van der Waals surface area contributed by atoms with Gasteiger partial charge in [-0.2, -0.15) is 0 Å². The maximum absolute atomic E-state index is 12.6. The minimum atomic E-state index is -0.656. The van der Waals surface area contributed by atoms with Gasteiger partial charge in [0.05, 0.1) is 28.4 Å². The van der Waals surface area contributed by atoms with E-state index < -0.39 is 11.9 Å². The highest BCUT2D eigenvalue weighted by atomic mass is 16.6. The zero-order chi connectivity index (χ0) is 21.6. The van der Waals surface area contributed by atoms with E-state index in [2.05, 4.69) is 0 Å². The summed E-state index contributed by atoms with van der Waals surface area (Å²) in [7, 11) is 5.94. The van der Waals surface area contributed by atoms with Crippen LogP contribution < -0.4 is 23.7 Å². The van der Waals surface area contributed by atoms with Crippen molar-refractivity contribution in [1.29, 1.82) is 0 Å². The lowest BCUT2D eigenvalue weighted by molar-refractivity contribution is -0.131. The fraction of sp³-hybridized carbons (Fsp3) is 0.333. The van der Waals surface area contributed by atoms with Gasteiger partial charge in [-0.05, 0) is 19.1 Å². The minimum Gasteiger partial charge on any atom is -0.492 e. The summed E-state index contributed by atoms with van der Waals surface area (Å²) in [5.41, 5.74) is 1.36. The van der Waals surface area contributed by atoms with Gasteiger partial charge in [0, 0.05) is 18.1 Å². The first-order valence-electron chi connectivity index (χ1n) is 8.69. The molecule has 0 bridgehead atoms. The molecule has 0 amide bonds. The highest BCUT2D eigenvalue weighted by molar-refractivity contribution is 5.93. The van der Waals surface area contributed by atoms with Crippen molar-refractivity contribution < 1.29 is 38.0 Å². The van der Waals surface area contributed by atoms with Crippen molar-refractivity contribution in [2.24, 2.45) is 0 Å². The van der Waals surface area contributed by atoms with E-state index in [0.29, 0.717) is 34.1 Å². The average molecular weight is 404 g/mol. The molecular weight excluding hydrogens is 380 g/mol. The summed E-state index contributed by atoms with van der Waals surface area (Å²) in [6.07, 6.45) is 0. The predicted molar refractivity (Wildman–Crippen MR) is 104 cm³/mol. The Morgan fingerprint density at radius 1 is 0.828 bits per heavy atom. The lowest BCUT2D eigenvalue weighted by Gasteiger charge is -2.21. The number of hydrogen-bond donors (Lipinski definition) is 0. The second kappa shape index (κ2) is 9.68. The molecule has 0 aromatic heterocycles. The first-order chi connectivity index (χ1) is 13.9. The standard InChI is InChI=1S/C21H24O8/c1-12-15(18(25-4)20(27-6)19(26-5)17(12)24-3)11-28-21(23)14-9-7-8-10-16(14)29-13(2)22/h7-10H,11H2,1-6H3. The minimum absolute atomic E-state index is 0.124. The Hall–Kier alpha value is -3.42. The molecule has 0 N–H and O–H groups in total. The number of para-hydroxylation sites is 1. The summed E-state index contributed by atoms with van der Waals surface area (Å²) in [6, 6.07) is 6.33. The molecule has 2 rings (SSSR count). The fourth-order valence-electron chi connectivity index (χ4n) is 2.92. The third-order valence-corrected chi connectivity index (χ3v) is 4.21. The Balaban J connectivity index is 2.40. The van der Waals surface area contributed by atoms with E-state index in [1.54, 1.807) is 19.1 Å². The smallest absolute Gasteiger partial charge is 0.342 e. The number of carbonyl (C=O) groups is 2. The van der Waals surface area contributed by atoms with Gasteiger partial charge >= 0.3 is 11.9 Å². The van der Waals surface area contributed by atoms with Crippen molar-refractivity contribution in [2.45, 2.75) is 20.5 Å². The van der Waals surface area contributed by atoms with Crippen LogP contribution >= 0.6 is 0 Å². The largest absolute Gasteiger partial charge is 0.492 e. The van der Waals surface area contributed by atoms with Crippen LogP contribution in [0.3, 0.4) is 0 Å². The van der Waals surface area contributed by atoms with Crippen LogP contribution in [0.5, 0.6) is 28.7 Å². The molecule has 0 aliphatic heterocycles. The number of rotatable bonds is 8. The van der Waals surface area contributed by atoms with Gasteiger partial charge < -0.3 is 28.4 Å². The molecule has 0 fully saturated rings. The van der Waals surface area contributed by atoms with E-state index >= 15 is 0 Å². The second-order valence-electron chi connectivity index (χ2n) is 5.90. The fourth-order valence-corrected chi connectivity index (χ4v) is 2.92. The van der Waals surface area contributed by atoms with E-state index in [1.807, 2.05) is 0 Å². The summed E-state index contributed by atoms with van der Waals surface area (Å²) in [5, 5.41) is 0. The Morgan fingerprint density at radius 3 is 1.93 bits per heavy atom. The Morgan fingerprint density at radius 2 is 1.38 bits per heavy atom. The van der Waals surface area contributed by atoms with Crippen molar-refractivity contribution in [2.75, 3.05) is 28.4 Å². The highest BCUT2D eigenvalue weighted by Crippen LogP contribution is 2.49. The number of carbonyl (C=O) groups excluding carboxylic acids is 2. The van der Waals surface area contributed by atoms with Gasteiger partial charge in [0.1, 0.15) is 17.9 Å². The van der Waals surface area contributed by atoms with Crippen LogP contribution in [0.25, 0.3) is 0 Å². The van der Waals surface area contributed by atoms with Crippen LogP contribution in [0.2, 0.25) is 0 Å². The molecule has 8 nitrogen and oxygen atoms in total. The van der Waals surface area contributed by atoms with Crippen molar-refractivity contribution in [3.63, 3.8) is 0 Å². The molecule has 0 aliphatic carbocycles. The molecule has 2 aromatic rings. The van der Waals surface area contributed by atoms with E-state index in [0.717, 1.165) is 0 Å². The van der Waals surface area contributed by atoms with E-state index in [9.17, 15) is 9.59 Å². The quantitative estimate of drug-likeness (QED) is 0.489. The highest BCUT2D eigenvalue weighted by Gasteiger charge is 2.26. The van der Waals surface area contributed by atoms with E-state index in [1.165, 1.54) is 47.5 Å². The molecule has 0 unspecified atom stereocenters. The second-order valence-corrected chi connectivity index (χ2v) is 5.90. The summed E-state index contributed by atoms with van der Waals surface area (Å²) in [5.74, 6) is 0.437. The van der Waals surface area contributed by atoms with Gasteiger partial charge in [0.25, 0.3) is 0 Å². The lowest BCUT2D eigenvalue weighted by atomic mass is 10.0. The third-order valence-electron chi connectivity index (χ3n) is 4.21. The first kappa shape index (κ1) is 21.9. The van der Waals surface area contributed by atoms with Crippen molar-refractivity contribution in [3.8, 4) is 28.7 Å². The molecule has 0 spiro atoms. The van der Waals surface area contributed by atoms with Crippen molar-refractivity contribution in [3.05, 3.63) is 41.0 Å². The van der Waals surface area contributed by atoms with Crippen molar-refractivity contribution >= 4 is 11.9 Å². The number of methoxy groups -OCH3 is 4. The Labute approximate surface area is 169 Å². The zero-order valence-electron chi connectivity index (χ0n) is 17.3. The summed E-state index contributed by atoms with van der Waals surface area (Å²) in [4.78, 5) is 23.9. The normalized spacial score (nSPS) is 10.1. The van der Waals surface area contributed by atoms with Crippen LogP contribution in [0.4, 0.5) is 0 Å². The Bertz CT molecular complexity index is 904.